The summed E-state index contributed by atoms with van der Waals surface area (Å²) in [5.41, 5.74) is 12.4. The van der Waals surface area contributed by atoms with Gasteiger partial charge in [-0.3, -0.25) is 0 Å². The molecule has 0 spiro atoms. The highest BCUT2D eigenvalue weighted by Gasteiger charge is 2.30. The third kappa shape index (κ3) is 2.31. The molecule has 0 radical (unpaired) electrons. The molecule has 0 aliphatic heterocycles. The van der Waals surface area contributed by atoms with Gasteiger partial charge in [0.25, 0.3) is 0 Å². The molecule has 0 saturated carbocycles. The van der Waals surface area contributed by atoms with Crippen molar-refractivity contribution >= 4 is 58.9 Å². The first-order chi connectivity index (χ1) is 17.9. The second-order valence-electron chi connectivity index (χ2n) is 10.0. The van der Waals surface area contributed by atoms with E-state index in [0.717, 1.165) is 12.8 Å². The Hall–Kier alpha value is -4.14. The minimum atomic E-state index is 1.12. The molecule has 0 saturated heterocycles. The highest BCUT2D eigenvalue weighted by molar-refractivity contribution is 7.25. The zero-order valence-electron chi connectivity index (χ0n) is 19.6. The molecule has 1 nitrogen and oxygen atoms in total. The molecule has 36 heavy (non-hydrogen) atoms. The van der Waals surface area contributed by atoms with Gasteiger partial charge in [-0.15, -0.1) is 11.3 Å². The number of benzene rings is 5. The normalized spacial score (nSPS) is 14.1. The number of rotatable bonds is 1. The monoisotopic (exact) mass is 475 g/mol. The van der Waals surface area contributed by atoms with Crippen molar-refractivity contribution in [3.05, 3.63) is 120 Å². The van der Waals surface area contributed by atoms with Crippen LogP contribution in [0.2, 0.25) is 0 Å². The SMILES string of the molecule is C1=C2c3ccc4c(c3-c3cccc(c32)CC1)c1ccccc1n4-c1ccc2sc3ccccc3c2c1. The molecule has 2 heteroatoms. The number of fused-ring (bicyclic) bond motifs is 10. The first kappa shape index (κ1) is 19.1. The van der Waals surface area contributed by atoms with Crippen LogP contribution < -0.4 is 0 Å². The lowest BCUT2D eigenvalue weighted by Gasteiger charge is -2.14. The molecule has 2 aliphatic rings. The average Bonchev–Trinajstić information content (AvgIpc) is 3.57. The largest absolute Gasteiger partial charge is 0.309 e. The van der Waals surface area contributed by atoms with Gasteiger partial charge in [0.2, 0.25) is 0 Å². The van der Waals surface area contributed by atoms with E-state index in [2.05, 4.69) is 108 Å². The van der Waals surface area contributed by atoms with Crippen molar-refractivity contribution < 1.29 is 0 Å². The summed E-state index contributed by atoms with van der Waals surface area (Å²) >= 11 is 1.88. The number of hydrogen-bond acceptors (Lipinski definition) is 1. The molecule has 0 atom stereocenters. The van der Waals surface area contributed by atoms with Gasteiger partial charge in [0, 0.05) is 42.2 Å². The second-order valence-corrected chi connectivity index (χ2v) is 11.1. The van der Waals surface area contributed by atoms with Gasteiger partial charge in [-0.2, -0.15) is 0 Å². The number of hydrogen-bond donors (Lipinski definition) is 0. The van der Waals surface area contributed by atoms with Crippen molar-refractivity contribution in [1.29, 1.82) is 0 Å². The molecular formula is C34H21NS. The van der Waals surface area contributed by atoms with Crippen LogP contribution in [0.15, 0.2) is 103 Å². The maximum atomic E-state index is 2.47. The topological polar surface area (TPSA) is 4.93 Å². The minimum absolute atomic E-state index is 1.12. The zero-order valence-corrected chi connectivity index (χ0v) is 20.4. The Labute approximate surface area is 212 Å². The molecule has 9 rings (SSSR count). The summed E-state index contributed by atoms with van der Waals surface area (Å²) in [6, 6.07) is 36.3. The van der Waals surface area contributed by atoms with E-state index in [4.69, 9.17) is 0 Å². The molecule has 2 aromatic heterocycles. The maximum absolute atomic E-state index is 2.47. The van der Waals surface area contributed by atoms with Crippen LogP contribution in [0.1, 0.15) is 23.1 Å². The Kier molecular flexibility index (Phi) is 3.58. The quantitative estimate of drug-likeness (QED) is 0.223. The van der Waals surface area contributed by atoms with Crippen molar-refractivity contribution in [2.75, 3.05) is 0 Å². The molecule has 0 fully saturated rings. The van der Waals surface area contributed by atoms with Crippen molar-refractivity contribution in [2.24, 2.45) is 0 Å². The second kappa shape index (κ2) is 6.75. The predicted octanol–water partition coefficient (Wildman–Crippen LogP) is 9.51. The first-order valence-electron chi connectivity index (χ1n) is 12.7. The minimum Gasteiger partial charge on any atom is -0.309 e. The van der Waals surface area contributed by atoms with E-state index in [1.54, 1.807) is 0 Å². The van der Waals surface area contributed by atoms with Crippen LogP contribution in [0.4, 0.5) is 0 Å². The van der Waals surface area contributed by atoms with Crippen LogP contribution in [-0.4, -0.2) is 4.57 Å². The summed E-state index contributed by atoms with van der Waals surface area (Å²) in [6.07, 6.45) is 4.72. The molecule has 2 aliphatic carbocycles. The lowest BCUT2D eigenvalue weighted by molar-refractivity contribution is 0.982. The van der Waals surface area contributed by atoms with E-state index in [1.165, 1.54) is 81.1 Å². The smallest absolute Gasteiger partial charge is 0.0547 e. The Morgan fingerprint density at radius 1 is 0.611 bits per heavy atom. The Morgan fingerprint density at radius 2 is 1.47 bits per heavy atom. The number of nitrogens with zero attached hydrogens (tertiary/aromatic N) is 1. The molecular weight excluding hydrogens is 454 g/mol. The molecule has 0 amide bonds. The van der Waals surface area contributed by atoms with Gasteiger partial charge in [0.1, 0.15) is 0 Å². The van der Waals surface area contributed by atoms with Gasteiger partial charge in [-0.25, -0.2) is 0 Å². The van der Waals surface area contributed by atoms with E-state index in [9.17, 15) is 0 Å². The van der Waals surface area contributed by atoms with E-state index >= 15 is 0 Å². The molecule has 168 valence electrons. The average molecular weight is 476 g/mol. The van der Waals surface area contributed by atoms with Crippen LogP contribution in [0.25, 0.3) is 64.4 Å². The van der Waals surface area contributed by atoms with E-state index in [0.29, 0.717) is 0 Å². The molecule has 5 aromatic carbocycles. The lowest BCUT2D eigenvalue weighted by Crippen LogP contribution is -1.97. The number of para-hydroxylation sites is 1. The summed E-state index contributed by atoms with van der Waals surface area (Å²) in [7, 11) is 0. The molecule has 0 bridgehead atoms. The van der Waals surface area contributed by atoms with Gasteiger partial charge in [0.05, 0.1) is 11.0 Å². The number of allylic oxidation sites excluding steroid dienone is 1. The van der Waals surface area contributed by atoms with Crippen LogP contribution >= 0.6 is 11.3 Å². The highest BCUT2D eigenvalue weighted by Crippen LogP contribution is 2.52. The van der Waals surface area contributed by atoms with Gasteiger partial charge in [0.15, 0.2) is 0 Å². The fraction of sp³-hybridized carbons (Fsp3) is 0.0588. The molecule has 0 N–H and O–H groups in total. The first-order valence-corrected chi connectivity index (χ1v) is 13.5. The van der Waals surface area contributed by atoms with Crippen molar-refractivity contribution in [2.45, 2.75) is 12.8 Å². The summed E-state index contributed by atoms with van der Waals surface area (Å²) in [6.45, 7) is 0. The van der Waals surface area contributed by atoms with Crippen LogP contribution in [0.5, 0.6) is 0 Å². The van der Waals surface area contributed by atoms with E-state index in [1.807, 2.05) is 11.3 Å². The third-order valence-electron chi connectivity index (χ3n) is 8.20. The molecule has 2 heterocycles. The highest BCUT2D eigenvalue weighted by atomic mass is 32.1. The summed E-state index contributed by atoms with van der Waals surface area (Å²) in [4.78, 5) is 0. The number of aromatic nitrogens is 1. The van der Waals surface area contributed by atoms with Crippen molar-refractivity contribution in [3.8, 4) is 16.8 Å². The lowest BCUT2D eigenvalue weighted by atomic mass is 9.90. The van der Waals surface area contributed by atoms with Crippen molar-refractivity contribution in [1.82, 2.24) is 4.57 Å². The Morgan fingerprint density at radius 3 is 2.44 bits per heavy atom. The summed E-state index contributed by atoms with van der Waals surface area (Å²) < 4.78 is 5.17. The number of thiophene rings is 1. The van der Waals surface area contributed by atoms with Gasteiger partial charge >= 0.3 is 0 Å². The summed E-state index contributed by atoms with van der Waals surface area (Å²) in [5.74, 6) is 0. The van der Waals surface area contributed by atoms with Gasteiger partial charge in [-0.05, 0) is 77.1 Å². The zero-order chi connectivity index (χ0) is 23.4. The summed E-state index contributed by atoms with van der Waals surface area (Å²) in [5, 5.41) is 5.39. The van der Waals surface area contributed by atoms with E-state index in [-0.39, 0.29) is 0 Å². The van der Waals surface area contributed by atoms with Crippen molar-refractivity contribution in [3.63, 3.8) is 0 Å². The predicted molar refractivity (Wildman–Crippen MR) is 155 cm³/mol. The molecule has 7 aromatic rings. The number of aryl methyl sites for hydroxylation is 1. The standard InChI is InChI=1S/C34H21NS/c1-3-13-28-25(10-1)34-29(17-16-24-23-11-5-7-20-8-6-12-26(32(20)23)33(24)34)35(28)21-15-18-31-27(19-21)22-9-2-4-14-30(22)36-31/h1-4,6,8-19H,5,7H2. The fourth-order valence-electron chi connectivity index (χ4n) is 6.75. The maximum Gasteiger partial charge on any atom is 0.0547 e. The van der Waals surface area contributed by atoms with Gasteiger partial charge in [-0.1, -0.05) is 66.7 Å². The third-order valence-corrected chi connectivity index (χ3v) is 9.35. The Bertz CT molecular complexity index is 2100. The van der Waals surface area contributed by atoms with Gasteiger partial charge < -0.3 is 4.57 Å². The fourth-order valence-corrected chi connectivity index (χ4v) is 7.84. The van der Waals surface area contributed by atoms with Crippen LogP contribution in [0, 0.1) is 0 Å². The van der Waals surface area contributed by atoms with Crippen LogP contribution in [-0.2, 0) is 6.42 Å². The van der Waals surface area contributed by atoms with E-state index < -0.39 is 0 Å². The molecule has 0 unspecified atom stereocenters. The van der Waals surface area contributed by atoms with Crippen LogP contribution in [0.3, 0.4) is 0 Å². The Balaban J connectivity index is 1.42.